The monoisotopic (exact) mass is 346 g/mol. The number of aryl methyl sites for hydroxylation is 1. The van der Waals surface area contributed by atoms with Gasteiger partial charge in [-0.15, -0.1) is 0 Å². The fraction of sp³-hybridized carbons (Fsp3) is 0.250. The zero-order valence-corrected chi connectivity index (χ0v) is 14.1. The summed E-state index contributed by atoms with van der Waals surface area (Å²) in [4.78, 5) is 11.8. The van der Waals surface area contributed by atoms with E-state index in [1.54, 1.807) is 19.2 Å². The van der Waals surface area contributed by atoms with Crippen molar-refractivity contribution in [3.63, 3.8) is 0 Å². The first kappa shape index (κ1) is 16.6. The molecule has 3 N–H and O–H groups in total. The first-order valence-corrected chi connectivity index (χ1v) is 8.93. The van der Waals surface area contributed by atoms with E-state index < -0.39 is 16.1 Å². The zero-order valence-electron chi connectivity index (χ0n) is 13.3. The number of pyridine rings is 2. The second kappa shape index (κ2) is 6.31. The lowest BCUT2D eigenvalue weighted by molar-refractivity contribution is 0.265. The molecule has 0 aliphatic heterocycles. The third-order valence-electron chi connectivity index (χ3n) is 3.62. The SMILES string of the molecule is Cc1cc2c(-c3ccc(S(=O)(=O)N[C@@H](C)CO)cn3)ccnc2[nH]1. The van der Waals surface area contributed by atoms with Crippen LogP contribution in [0, 0.1) is 6.92 Å². The minimum absolute atomic E-state index is 0.0575. The summed E-state index contributed by atoms with van der Waals surface area (Å²) in [6.07, 6.45) is 3.00. The fourth-order valence-electron chi connectivity index (χ4n) is 2.45. The van der Waals surface area contributed by atoms with E-state index in [2.05, 4.69) is 19.7 Å². The van der Waals surface area contributed by atoms with E-state index in [0.717, 1.165) is 22.3 Å². The Bertz CT molecular complexity index is 965. The maximum absolute atomic E-state index is 12.2. The minimum Gasteiger partial charge on any atom is -0.395 e. The van der Waals surface area contributed by atoms with Crippen molar-refractivity contribution in [2.24, 2.45) is 0 Å². The Morgan fingerprint density at radius 2 is 2.08 bits per heavy atom. The zero-order chi connectivity index (χ0) is 17.3. The lowest BCUT2D eigenvalue weighted by atomic mass is 10.1. The van der Waals surface area contributed by atoms with Gasteiger partial charge >= 0.3 is 0 Å². The summed E-state index contributed by atoms with van der Waals surface area (Å²) in [7, 11) is -3.70. The number of rotatable bonds is 5. The molecule has 7 nitrogen and oxygen atoms in total. The lowest BCUT2D eigenvalue weighted by Crippen LogP contribution is -2.35. The maximum atomic E-state index is 12.2. The number of sulfonamides is 1. The van der Waals surface area contributed by atoms with Gasteiger partial charge < -0.3 is 10.1 Å². The van der Waals surface area contributed by atoms with Crippen LogP contribution in [0.15, 0.2) is 41.6 Å². The van der Waals surface area contributed by atoms with Crippen LogP contribution in [0.25, 0.3) is 22.3 Å². The summed E-state index contributed by atoms with van der Waals surface area (Å²) >= 11 is 0. The molecule has 0 aromatic carbocycles. The molecular formula is C16H18N4O3S. The molecular weight excluding hydrogens is 328 g/mol. The van der Waals surface area contributed by atoms with Crippen LogP contribution in [-0.4, -0.2) is 41.1 Å². The number of aromatic amines is 1. The van der Waals surface area contributed by atoms with Crippen molar-refractivity contribution in [3.05, 3.63) is 42.4 Å². The normalized spacial score (nSPS) is 13.3. The van der Waals surface area contributed by atoms with Crippen molar-refractivity contribution < 1.29 is 13.5 Å². The summed E-state index contributed by atoms with van der Waals surface area (Å²) in [5.41, 5.74) is 3.30. The molecule has 0 radical (unpaired) electrons. The quantitative estimate of drug-likeness (QED) is 0.650. The maximum Gasteiger partial charge on any atom is 0.242 e. The van der Waals surface area contributed by atoms with E-state index in [1.807, 2.05) is 19.1 Å². The van der Waals surface area contributed by atoms with Crippen LogP contribution in [0.5, 0.6) is 0 Å². The molecule has 0 aliphatic rings. The molecule has 0 unspecified atom stereocenters. The molecule has 0 bridgehead atoms. The summed E-state index contributed by atoms with van der Waals surface area (Å²) in [5, 5.41) is 9.92. The highest BCUT2D eigenvalue weighted by atomic mass is 32.2. The van der Waals surface area contributed by atoms with Gasteiger partial charge in [0, 0.05) is 35.1 Å². The highest BCUT2D eigenvalue weighted by Gasteiger charge is 2.18. The third-order valence-corrected chi connectivity index (χ3v) is 5.19. The Hall–Kier alpha value is -2.29. The number of nitrogens with one attached hydrogen (secondary N) is 2. The lowest BCUT2D eigenvalue weighted by Gasteiger charge is -2.11. The number of aliphatic hydroxyl groups excluding tert-OH is 1. The summed E-state index contributed by atoms with van der Waals surface area (Å²) in [6.45, 7) is 3.26. The standard InChI is InChI=1S/C16H18N4O3S/c1-10-7-14-13(5-6-17-16(14)19-10)15-4-3-12(8-18-15)24(22,23)20-11(2)9-21/h3-8,11,20-21H,9H2,1-2H3,(H,17,19)/t11-/m0/s1. The Morgan fingerprint density at radius 3 is 2.75 bits per heavy atom. The van der Waals surface area contributed by atoms with Gasteiger partial charge in [0.15, 0.2) is 0 Å². The second-order valence-electron chi connectivity index (χ2n) is 5.66. The van der Waals surface area contributed by atoms with Gasteiger partial charge in [0.1, 0.15) is 10.5 Å². The molecule has 3 heterocycles. The van der Waals surface area contributed by atoms with Gasteiger partial charge in [0.25, 0.3) is 0 Å². The van der Waals surface area contributed by atoms with Gasteiger partial charge in [-0.1, -0.05) is 0 Å². The van der Waals surface area contributed by atoms with Crippen LogP contribution < -0.4 is 4.72 Å². The van der Waals surface area contributed by atoms with Crippen LogP contribution in [-0.2, 0) is 10.0 Å². The molecule has 0 aliphatic carbocycles. The van der Waals surface area contributed by atoms with Crippen LogP contribution in [0.4, 0.5) is 0 Å². The molecule has 3 rings (SSSR count). The molecule has 3 aromatic rings. The molecule has 0 saturated carbocycles. The van der Waals surface area contributed by atoms with Crippen LogP contribution in [0.2, 0.25) is 0 Å². The fourth-order valence-corrected chi connectivity index (χ4v) is 3.63. The van der Waals surface area contributed by atoms with E-state index in [-0.39, 0.29) is 11.5 Å². The van der Waals surface area contributed by atoms with Gasteiger partial charge in [-0.05, 0) is 38.1 Å². The molecule has 1 atom stereocenters. The Kier molecular flexibility index (Phi) is 4.35. The second-order valence-corrected chi connectivity index (χ2v) is 7.37. The smallest absolute Gasteiger partial charge is 0.242 e. The number of H-pyrrole nitrogens is 1. The van der Waals surface area contributed by atoms with Gasteiger partial charge in [-0.2, -0.15) is 0 Å². The van der Waals surface area contributed by atoms with Crippen LogP contribution in [0.3, 0.4) is 0 Å². The van der Waals surface area contributed by atoms with E-state index in [0.29, 0.717) is 5.69 Å². The first-order chi connectivity index (χ1) is 11.4. The van der Waals surface area contributed by atoms with Gasteiger partial charge in [-0.25, -0.2) is 18.1 Å². The number of fused-ring (bicyclic) bond motifs is 1. The Labute approximate surface area is 139 Å². The number of aliphatic hydroxyl groups is 1. The predicted molar refractivity (Wildman–Crippen MR) is 90.9 cm³/mol. The molecule has 126 valence electrons. The number of hydrogen-bond donors (Lipinski definition) is 3. The predicted octanol–water partition coefficient (Wildman–Crippen LogP) is 1.59. The molecule has 0 spiro atoms. The van der Waals surface area contributed by atoms with E-state index in [4.69, 9.17) is 5.11 Å². The van der Waals surface area contributed by atoms with E-state index in [1.165, 1.54) is 12.3 Å². The number of nitrogens with zero attached hydrogens (tertiary/aromatic N) is 2. The third kappa shape index (κ3) is 3.16. The van der Waals surface area contributed by atoms with Crippen LogP contribution in [0.1, 0.15) is 12.6 Å². The summed E-state index contributed by atoms with van der Waals surface area (Å²) < 4.78 is 26.8. The number of aromatic nitrogens is 3. The van der Waals surface area contributed by atoms with Crippen molar-refractivity contribution in [2.45, 2.75) is 24.8 Å². The van der Waals surface area contributed by atoms with Gasteiger partial charge in [0.2, 0.25) is 10.0 Å². The van der Waals surface area contributed by atoms with Crippen LogP contribution >= 0.6 is 0 Å². The average Bonchev–Trinajstić information content (AvgIpc) is 2.94. The first-order valence-electron chi connectivity index (χ1n) is 7.44. The van der Waals surface area contributed by atoms with E-state index >= 15 is 0 Å². The highest BCUT2D eigenvalue weighted by molar-refractivity contribution is 7.89. The van der Waals surface area contributed by atoms with Crippen molar-refractivity contribution in [2.75, 3.05) is 6.61 Å². The minimum atomic E-state index is -3.70. The van der Waals surface area contributed by atoms with Crippen molar-refractivity contribution in [1.82, 2.24) is 19.7 Å². The van der Waals surface area contributed by atoms with Gasteiger partial charge in [0.05, 0.1) is 12.3 Å². The van der Waals surface area contributed by atoms with Crippen molar-refractivity contribution in [1.29, 1.82) is 0 Å². The Balaban J connectivity index is 1.97. The molecule has 0 fully saturated rings. The average molecular weight is 346 g/mol. The topological polar surface area (TPSA) is 108 Å². The van der Waals surface area contributed by atoms with Gasteiger partial charge in [-0.3, -0.25) is 4.98 Å². The molecule has 24 heavy (non-hydrogen) atoms. The summed E-state index contributed by atoms with van der Waals surface area (Å²) in [6, 6.07) is 6.43. The largest absolute Gasteiger partial charge is 0.395 e. The van der Waals surface area contributed by atoms with Crippen molar-refractivity contribution >= 4 is 21.1 Å². The van der Waals surface area contributed by atoms with Crippen molar-refractivity contribution in [3.8, 4) is 11.3 Å². The molecule has 8 heteroatoms. The summed E-state index contributed by atoms with van der Waals surface area (Å²) in [5.74, 6) is 0. The highest BCUT2D eigenvalue weighted by Crippen LogP contribution is 2.27. The Morgan fingerprint density at radius 1 is 1.29 bits per heavy atom. The molecule has 0 saturated heterocycles. The number of hydrogen-bond acceptors (Lipinski definition) is 5. The molecule has 3 aromatic heterocycles. The van der Waals surface area contributed by atoms with E-state index in [9.17, 15) is 8.42 Å². The molecule has 0 amide bonds.